The van der Waals surface area contributed by atoms with Crippen LogP contribution in [-0.2, 0) is 9.84 Å². The standard InChI is InChI=1S/C6H12N2O2S/c1-6(2,5-8)11(9,10)4-3-7/h4-5,8H2,1-2H3. The number of nitrogens with two attached hydrogens (primary N) is 1. The van der Waals surface area contributed by atoms with Crippen LogP contribution in [0.2, 0.25) is 0 Å². The quantitative estimate of drug-likeness (QED) is 0.637. The van der Waals surface area contributed by atoms with Gasteiger partial charge in [-0.05, 0) is 13.8 Å². The van der Waals surface area contributed by atoms with Gasteiger partial charge >= 0.3 is 0 Å². The molecule has 0 rings (SSSR count). The van der Waals surface area contributed by atoms with E-state index in [1.807, 2.05) is 0 Å². The maximum Gasteiger partial charge on any atom is 0.170 e. The molecule has 0 aromatic carbocycles. The highest BCUT2D eigenvalue weighted by Gasteiger charge is 2.32. The minimum absolute atomic E-state index is 0.0387. The smallest absolute Gasteiger partial charge is 0.170 e. The molecule has 0 aliphatic rings. The number of hydrogen-bond acceptors (Lipinski definition) is 4. The van der Waals surface area contributed by atoms with Gasteiger partial charge in [0.15, 0.2) is 9.84 Å². The minimum atomic E-state index is -3.35. The van der Waals surface area contributed by atoms with Crippen LogP contribution in [0, 0.1) is 11.3 Å². The molecule has 0 aromatic heterocycles. The third-order valence-corrected chi connectivity index (χ3v) is 3.95. The van der Waals surface area contributed by atoms with Crippen molar-refractivity contribution in [1.29, 1.82) is 5.26 Å². The molecule has 4 nitrogen and oxygen atoms in total. The molecule has 2 N–H and O–H groups in total. The van der Waals surface area contributed by atoms with Crippen molar-refractivity contribution in [3.8, 4) is 6.07 Å². The molecule has 64 valence electrons. The SMILES string of the molecule is CC(C)(CN)S(=O)(=O)CC#N. The van der Waals surface area contributed by atoms with Crippen molar-refractivity contribution in [1.82, 2.24) is 0 Å². The molecular formula is C6H12N2O2S. The molecule has 0 fully saturated rings. The van der Waals surface area contributed by atoms with Gasteiger partial charge in [-0.15, -0.1) is 0 Å². The van der Waals surface area contributed by atoms with Crippen LogP contribution in [-0.4, -0.2) is 25.5 Å². The van der Waals surface area contributed by atoms with E-state index in [0.717, 1.165) is 0 Å². The van der Waals surface area contributed by atoms with E-state index in [2.05, 4.69) is 0 Å². The van der Waals surface area contributed by atoms with Gasteiger partial charge in [0.1, 0.15) is 5.75 Å². The Kier molecular flexibility index (Phi) is 3.02. The Morgan fingerprint density at radius 2 is 2.00 bits per heavy atom. The molecule has 0 saturated carbocycles. The summed E-state index contributed by atoms with van der Waals surface area (Å²) in [6, 6.07) is 1.60. The topological polar surface area (TPSA) is 84.0 Å². The molecule has 0 aromatic rings. The first-order valence-corrected chi connectivity index (χ1v) is 4.82. The second-order valence-electron chi connectivity index (χ2n) is 2.88. The summed E-state index contributed by atoms with van der Waals surface area (Å²) in [7, 11) is -3.35. The van der Waals surface area contributed by atoms with E-state index in [-0.39, 0.29) is 6.54 Å². The fourth-order valence-corrected chi connectivity index (χ4v) is 1.22. The molecule has 5 heteroatoms. The van der Waals surface area contributed by atoms with Crippen molar-refractivity contribution in [2.75, 3.05) is 12.3 Å². The molecule has 0 atom stereocenters. The lowest BCUT2D eigenvalue weighted by Crippen LogP contribution is -2.40. The van der Waals surface area contributed by atoms with E-state index in [4.69, 9.17) is 11.0 Å². The zero-order valence-corrected chi connectivity index (χ0v) is 7.48. The van der Waals surface area contributed by atoms with Gasteiger partial charge in [0.05, 0.1) is 10.8 Å². The van der Waals surface area contributed by atoms with Crippen molar-refractivity contribution in [2.45, 2.75) is 18.6 Å². The second kappa shape index (κ2) is 3.20. The molecule has 0 aliphatic heterocycles. The van der Waals surface area contributed by atoms with Crippen LogP contribution in [0.5, 0.6) is 0 Å². The minimum Gasteiger partial charge on any atom is -0.329 e. The predicted molar refractivity (Wildman–Crippen MR) is 42.5 cm³/mol. The Bertz CT molecular complexity index is 261. The molecule has 11 heavy (non-hydrogen) atoms. The first kappa shape index (κ1) is 10.4. The average Bonchev–Trinajstić information content (AvgIpc) is 1.87. The molecule has 0 unspecified atom stereocenters. The van der Waals surface area contributed by atoms with E-state index in [9.17, 15) is 8.42 Å². The van der Waals surface area contributed by atoms with Crippen molar-refractivity contribution < 1.29 is 8.42 Å². The average molecular weight is 176 g/mol. The van der Waals surface area contributed by atoms with Gasteiger partial charge in [0.2, 0.25) is 0 Å². The maximum absolute atomic E-state index is 11.2. The Hall–Kier alpha value is -0.600. The highest BCUT2D eigenvalue weighted by molar-refractivity contribution is 7.93. The Morgan fingerprint density at radius 1 is 1.55 bits per heavy atom. The van der Waals surface area contributed by atoms with Crippen LogP contribution in [0.1, 0.15) is 13.8 Å². The zero-order valence-electron chi connectivity index (χ0n) is 6.66. The Balaban J connectivity index is 4.73. The first-order valence-electron chi connectivity index (χ1n) is 3.17. The third kappa shape index (κ3) is 2.17. The van der Waals surface area contributed by atoms with Crippen molar-refractivity contribution >= 4 is 9.84 Å². The molecule has 0 spiro atoms. The van der Waals surface area contributed by atoms with Crippen molar-refractivity contribution in [3.63, 3.8) is 0 Å². The molecule has 0 aliphatic carbocycles. The number of nitriles is 1. The molecule has 0 bridgehead atoms. The normalized spacial score (nSPS) is 12.5. The van der Waals surface area contributed by atoms with Crippen LogP contribution < -0.4 is 5.73 Å². The highest BCUT2D eigenvalue weighted by Crippen LogP contribution is 2.14. The van der Waals surface area contributed by atoms with Gasteiger partial charge in [-0.1, -0.05) is 0 Å². The summed E-state index contributed by atoms with van der Waals surface area (Å²) in [5.41, 5.74) is 5.23. The van der Waals surface area contributed by atoms with Gasteiger partial charge < -0.3 is 5.73 Å². The largest absolute Gasteiger partial charge is 0.329 e. The predicted octanol–water partition coefficient (Wildman–Crippen LogP) is -0.338. The Morgan fingerprint density at radius 3 is 2.27 bits per heavy atom. The van der Waals surface area contributed by atoms with Crippen LogP contribution in [0.3, 0.4) is 0 Å². The van der Waals surface area contributed by atoms with Gasteiger partial charge in [0.25, 0.3) is 0 Å². The lowest BCUT2D eigenvalue weighted by Gasteiger charge is -2.20. The maximum atomic E-state index is 11.2. The number of nitrogens with zero attached hydrogens (tertiary/aromatic N) is 1. The molecule has 0 radical (unpaired) electrons. The summed E-state index contributed by atoms with van der Waals surface area (Å²) in [5, 5.41) is 8.19. The molecule has 0 saturated heterocycles. The summed E-state index contributed by atoms with van der Waals surface area (Å²) in [6.07, 6.45) is 0. The first-order chi connectivity index (χ1) is 4.87. The fraction of sp³-hybridized carbons (Fsp3) is 0.833. The van der Waals surface area contributed by atoms with Crippen molar-refractivity contribution in [2.24, 2.45) is 5.73 Å². The second-order valence-corrected chi connectivity index (χ2v) is 5.50. The lowest BCUT2D eigenvalue weighted by atomic mass is 10.2. The van der Waals surface area contributed by atoms with Gasteiger partial charge in [-0.3, -0.25) is 0 Å². The van der Waals surface area contributed by atoms with E-state index < -0.39 is 20.3 Å². The van der Waals surface area contributed by atoms with E-state index >= 15 is 0 Å². The summed E-state index contributed by atoms with van der Waals surface area (Å²) in [4.78, 5) is 0. The van der Waals surface area contributed by atoms with E-state index in [1.165, 1.54) is 13.8 Å². The number of rotatable bonds is 3. The fourth-order valence-electron chi connectivity index (χ4n) is 0.407. The van der Waals surface area contributed by atoms with Gasteiger partial charge in [-0.25, -0.2) is 8.42 Å². The zero-order chi connectivity index (χ0) is 9.12. The summed E-state index contributed by atoms with van der Waals surface area (Å²) < 4.78 is 21.4. The number of sulfone groups is 1. The van der Waals surface area contributed by atoms with Crippen LogP contribution >= 0.6 is 0 Å². The summed E-state index contributed by atoms with van der Waals surface area (Å²) in [6.45, 7) is 3.07. The van der Waals surface area contributed by atoms with E-state index in [1.54, 1.807) is 6.07 Å². The third-order valence-electron chi connectivity index (χ3n) is 1.59. The Labute approximate surface area is 66.9 Å². The highest BCUT2D eigenvalue weighted by atomic mass is 32.2. The van der Waals surface area contributed by atoms with Gasteiger partial charge in [0, 0.05) is 6.54 Å². The van der Waals surface area contributed by atoms with Crippen LogP contribution in [0.25, 0.3) is 0 Å². The molecular weight excluding hydrogens is 164 g/mol. The summed E-state index contributed by atoms with van der Waals surface area (Å²) in [5.74, 6) is -0.461. The summed E-state index contributed by atoms with van der Waals surface area (Å²) >= 11 is 0. The molecule has 0 amide bonds. The van der Waals surface area contributed by atoms with Gasteiger partial charge in [-0.2, -0.15) is 5.26 Å². The van der Waals surface area contributed by atoms with Crippen LogP contribution in [0.15, 0.2) is 0 Å². The van der Waals surface area contributed by atoms with Crippen molar-refractivity contribution in [3.05, 3.63) is 0 Å². The van der Waals surface area contributed by atoms with Crippen LogP contribution in [0.4, 0.5) is 0 Å². The number of hydrogen-bond donors (Lipinski definition) is 1. The monoisotopic (exact) mass is 176 g/mol. The lowest BCUT2D eigenvalue weighted by molar-refractivity contribution is 0.552. The molecule has 0 heterocycles. The van der Waals surface area contributed by atoms with E-state index in [0.29, 0.717) is 0 Å².